The van der Waals surface area contributed by atoms with Gasteiger partial charge >= 0.3 is 0 Å². The van der Waals surface area contributed by atoms with Crippen molar-refractivity contribution < 1.29 is 9.47 Å². The van der Waals surface area contributed by atoms with E-state index in [0.29, 0.717) is 6.04 Å². The van der Waals surface area contributed by atoms with E-state index in [9.17, 15) is 0 Å². The van der Waals surface area contributed by atoms with E-state index in [1.54, 1.807) is 14.2 Å². The second-order valence-corrected chi connectivity index (χ2v) is 6.83. The van der Waals surface area contributed by atoms with Gasteiger partial charge in [-0.25, -0.2) is 0 Å². The summed E-state index contributed by atoms with van der Waals surface area (Å²) in [6.45, 7) is 10.1. The largest absolute Gasteiger partial charge is 0.493 e. The smallest absolute Gasteiger partial charge is 0.193 e. The average Bonchev–Trinajstić information content (AvgIpc) is 2.70. The standard InChI is InChI=1S/C21H38N4O2/c1-8-17(3)24(4)15-13-23-21(22-9-2)25(5)14-12-18-10-11-19(26-6)20(16-18)27-7/h10-11,16-17H,8-9,12-15H2,1-7H3,(H,22,23). The highest BCUT2D eigenvalue weighted by atomic mass is 16.5. The zero-order valence-corrected chi connectivity index (χ0v) is 18.2. The number of methoxy groups -OCH3 is 2. The molecule has 0 fully saturated rings. The van der Waals surface area contributed by atoms with Gasteiger partial charge in [-0.05, 0) is 51.4 Å². The van der Waals surface area contributed by atoms with Gasteiger partial charge in [0.15, 0.2) is 17.5 Å². The van der Waals surface area contributed by atoms with E-state index in [0.717, 1.165) is 56.5 Å². The zero-order valence-electron chi connectivity index (χ0n) is 18.2. The number of nitrogens with zero attached hydrogens (tertiary/aromatic N) is 3. The van der Waals surface area contributed by atoms with Crippen molar-refractivity contribution in [2.24, 2.45) is 4.99 Å². The van der Waals surface area contributed by atoms with Crippen molar-refractivity contribution in [2.75, 3.05) is 54.5 Å². The number of rotatable bonds is 11. The SMILES string of the molecule is CCNC(=NCCN(C)C(C)CC)N(C)CCc1ccc(OC)c(OC)c1. The minimum atomic E-state index is 0.588. The van der Waals surface area contributed by atoms with Gasteiger partial charge in [-0.15, -0.1) is 0 Å². The maximum atomic E-state index is 5.39. The molecule has 0 aliphatic rings. The average molecular weight is 379 g/mol. The molecular formula is C21H38N4O2. The third kappa shape index (κ3) is 7.67. The highest BCUT2D eigenvalue weighted by Gasteiger charge is 2.09. The summed E-state index contributed by atoms with van der Waals surface area (Å²) in [7, 11) is 7.57. The molecule has 0 aliphatic carbocycles. The van der Waals surface area contributed by atoms with Crippen molar-refractivity contribution in [1.29, 1.82) is 0 Å². The Morgan fingerprint density at radius 2 is 1.81 bits per heavy atom. The topological polar surface area (TPSA) is 49.3 Å². The van der Waals surface area contributed by atoms with Crippen LogP contribution in [0.25, 0.3) is 0 Å². The van der Waals surface area contributed by atoms with Crippen LogP contribution in [0.1, 0.15) is 32.8 Å². The lowest BCUT2D eigenvalue weighted by Crippen LogP contribution is -2.40. The van der Waals surface area contributed by atoms with Gasteiger partial charge in [0.25, 0.3) is 0 Å². The van der Waals surface area contributed by atoms with E-state index in [1.165, 1.54) is 5.56 Å². The molecule has 1 aromatic carbocycles. The molecule has 1 unspecified atom stereocenters. The fraction of sp³-hybridized carbons (Fsp3) is 0.667. The summed E-state index contributed by atoms with van der Waals surface area (Å²) in [5, 5.41) is 3.39. The lowest BCUT2D eigenvalue weighted by Gasteiger charge is -2.24. The first-order chi connectivity index (χ1) is 13.0. The molecule has 6 nitrogen and oxygen atoms in total. The third-order valence-electron chi connectivity index (χ3n) is 4.94. The molecule has 0 amide bonds. The number of guanidine groups is 1. The molecule has 0 bridgehead atoms. The number of benzene rings is 1. The van der Waals surface area contributed by atoms with Crippen LogP contribution in [0.2, 0.25) is 0 Å². The number of nitrogens with one attached hydrogen (secondary N) is 1. The van der Waals surface area contributed by atoms with Crippen LogP contribution in [0.4, 0.5) is 0 Å². The minimum absolute atomic E-state index is 0.588. The van der Waals surface area contributed by atoms with Crippen molar-refractivity contribution in [3.63, 3.8) is 0 Å². The van der Waals surface area contributed by atoms with Crippen LogP contribution in [-0.2, 0) is 6.42 Å². The number of likely N-dealkylation sites (N-methyl/N-ethyl adjacent to an activating group) is 2. The molecule has 0 spiro atoms. The molecule has 1 atom stereocenters. The summed E-state index contributed by atoms with van der Waals surface area (Å²) in [5.41, 5.74) is 1.21. The number of ether oxygens (including phenoxy) is 2. The van der Waals surface area contributed by atoms with Crippen LogP contribution < -0.4 is 14.8 Å². The maximum Gasteiger partial charge on any atom is 0.193 e. The fourth-order valence-electron chi connectivity index (χ4n) is 2.75. The predicted molar refractivity (Wildman–Crippen MR) is 114 cm³/mol. The summed E-state index contributed by atoms with van der Waals surface area (Å²) in [5.74, 6) is 2.48. The molecule has 0 aromatic heterocycles. The van der Waals surface area contributed by atoms with Crippen LogP contribution >= 0.6 is 0 Å². The van der Waals surface area contributed by atoms with Gasteiger partial charge < -0.3 is 24.6 Å². The molecule has 154 valence electrons. The van der Waals surface area contributed by atoms with Crippen LogP contribution in [0.15, 0.2) is 23.2 Å². The minimum Gasteiger partial charge on any atom is -0.493 e. The first-order valence-electron chi connectivity index (χ1n) is 9.87. The Balaban J connectivity index is 2.64. The van der Waals surface area contributed by atoms with Crippen LogP contribution in [0.3, 0.4) is 0 Å². The first-order valence-corrected chi connectivity index (χ1v) is 9.87. The Morgan fingerprint density at radius 1 is 1.11 bits per heavy atom. The van der Waals surface area contributed by atoms with Gasteiger partial charge in [-0.2, -0.15) is 0 Å². The van der Waals surface area contributed by atoms with Crippen LogP contribution in [-0.4, -0.2) is 76.3 Å². The van der Waals surface area contributed by atoms with E-state index in [1.807, 2.05) is 12.1 Å². The summed E-state index contributed by atoms with van der Waals surface area (Å²) in [6.07, 6.45) is 2.07. The molecule has 1 aromatic rings. The van der Waals surface area contributed by atoms with Crippen LogP contribution in [0, 0.1) is 0 Å². The molecule has 0 aliphatic heterocycles. The van der Waals surface area contributed by atoms with E-state index < -0.39 is 0 Å². The van der Waals surface area contributed by atoms with Gasteiger partial charge in [0.2, 0.25) is 0 Å². The molecular weight excluding hydrogens is 340 g/mol. The van der Waals surface area contributed by atoms with Gasteiger partial charge in [-0.1, -0.05) is 13.0 Å². The van der Waals surface area contributed by atoms with E-state index in [2.05, 4.69) is 56.0 Å². The molecule has 27 heavy (non-hydrogen) atoms. The van der Waals surface area contributed by atoms with Crippen molar-refractivity contribution in [3.05, 3.63) is 23.8 Å². The molecule has 0 heterocycles. The molecule has 0 saturated carbocycles. The first kappa shape index (κ1) is 23.1. The Kier molecular flexibility index (Phi) is 10.6. The fourth-order valence-corrected chi connectivity index (χ4v) is 2.75. The van der Waals surface area contributed by atoms with Crippen molar-refractivity contribution in [1.82, 2.24) is 15.1 Å². The maximum absolute atomic E-state index is 5.39. The second-order valence-electron chi connectivity index (χ2n) is 6.83. The third-order valence-corrected chi connectivity index (χ3v) is 4.94. The molecule has 1 rings (SSSR count). The lowest BCUT2D eigenvalue weighted by atomic mass is 10.1. The Labute approximate surface area is 165 Å². The molecule has 1 N–H and O–H groups in total. The Bertz CT molecular complexity index is 577. The second kappa shape index (κ2) is 12.4. The monoisotopic (exact) mass is 378 g/mol. The highest BCUT2D eigenvalue weighted by Crippen LogP contribution is 2.27. The molecule has 0 radical (unpaired) electrons. The van der Waals surface area contributed by atoms with Gasteiger partial charge in [-0.3, -0.25) is 4.99 Å². The van der Waals surface area contributed by atoms with Crippen molar-refractivity contribution in [2.45, 2.75) is 39.7 Å². The van der Waals surface area contributed by atoms with E-state index in [4.69, 9.17) is 14.5 Å². The summed E-state index contributed by atoms with van der Waals surface area (Å²) >= 11 is 0. The highest BCUT2D eigenvalue weighted by molar-refractivity contribution is 5.79. The lowest BCUT2D eigenvalue weighted by molar-refractivity contribution is 0.259. The van der Waals surface area contributed by atoms with Crippen molar-refractivity contribution >= 4 is 5.96 Å². The van der Waals surface area contributed by atoms with Gasteiger partial charge in [0, 0.05) is 32.7 Å². The molecule has 6 heteroatoms. The predicted octanol–water partition coefficient (Wildman–Crippen LogP) is 2.87. The van der Waals surface area contributed by atoms with Gasteiger partial charge in [0.05, 0.1) is 20.8 Å². The number of aliphatic imine (C=N–C) groups is 1. The summed E-state index contributed by atoms with van der Waals surface area (Å²) in [6, 6.07) is 6.67. The Hall–Kier alpha value is -1.95. The normalized spacial score (nSPS) is 12.8. The summed E-state index contributed by atoms with van der Waals surface area (Å²) in [4.78, 5) is 9.33. The number of hydrogen-bond acceptors (Lipinski definition) is 4. The summed E-state index contributed by atoms with van der Waals surface area (Å²) < 4.78 is 10.7. The molecule has 0 saturated heterocycles. The quantitative estimate of drug-likeness (QED) is 0.474. The van der Waals surface area contributed by atoms with Crippen LogP contribution in [0.5, 0.6) is 11.5 Å². The van der Waals surface area contributed by atoms with E-state index in [-0.39, 0.29) is 0 Å². The van der Waals surface area contributed by atoms with Crippen molar-refractivity contribution in [3.8, 4) is 11.5 Å². The number of hydrogen-bond donors (Lipinski definition) is 1. The zero-order chi connectivity index (χ0) is 20.2. The Morgan fingerprint density at radius 3 is 2.41 bits per heavy atom. The van der Waals surface area contributed by atoms with E-state index >= 15 is 0 Å². The van der Waals surface area contributed by atoms with Gasteiger partial charge in [0.1, 0.15) is 0 Å².